The predicted octanol–water partition coefficient (Wildman–Crippen LogP) is 14.7. The summed E-state index contributed by atoms with van der Waals surface area (Å²) >= 11 is 0. The van der Waals surface area contributed by atoms with E-state index >= 15 is 0 Å². The van der Waals surface area contributed by atoms with Crippen LogP contribution in [0.5, 0.6) is 0 Å². The first-order chi connectivity index (χ1) is 30.7. The molecule has 12 rings (SSSR count). The van der Waals surface area contributed by atoms with Gasteiger partial charge in [0.2, 0.25) is 0 Å². The molecule has 0 radical (unpaired) electrons. The van der Waals surface area contributed by atoms with Gasteiger partial charge in [-0.05, 0) is 104 Å². The molecule has 1 atom stereocenters. The van der Waals surface area contributed by atoms with Gasteiger partial charge in [-0.1, -0.05) is 164 Å². The highest BCUT2D eigenvalue weighted by molar-refractivity contribution is 6.25. The largest absolute Gasteiger partial charge is 0.455 e. The van der Waals surface area contributed by atoms with Gasteiger partial charge >= 0.3 is 0 Å². The van der Waals surface area contributed by atoms with E-state index in [-0.39, 0.29) is 6.17 Å². The lowest BCUT2D eigenvalue weighted by Crippen LogP contribution is -2.33. The molecule has 0 saturated carbocycles. The van der Waals surface area contributed by atoms with Crippen LogP contribution in [0.4, 0.5) is 17.1 Å². The Kier molecular flexibility index (Phi) is 8.49. The molecule has 0 spiro atoms. The van der Waals surface area contributed by atoms with E-state index in [2.05, 4.69) is 210 Å². The van der Waals surface area contributed by atoms with E-state index < -0.39 is 0 Å². The van der Waals surface area contributed by atoms with Gasteiger partial charge in [-0.15, -0.1) is 0 Å². The van der Waals surface area contributed by atoms with Gasteiger partial charge in [0.05, 0.1) is 5.56 Å². The summed E-state index contributed by atoms with van der Waals surface area (Å²) in [5, 5.41) is 12.9. The maximum Gasteiger partial charge on any atom is 0.163 e. The third-order valence-electron chi connectivity index (χ3n) is 12.1. The van der Waals surface area contributed by atoms with Gasteiger partial charge in [-0.25, -0.2) is 9.98 Å². The molecule has 5 heteroatoms. The average molecular weight is 795 g/mol. The van der Waals surface area contributed by atoms with Crippen molar-refractivity contribution in [2.75, 3.05) is 4.90 Å². The Morgan fingerprint density at radius 2 is 1.05 bits per heavy atom. The maximum absolute atomic E-state index is 6.84. The molecule has 1 aliphatic heterocycles. The molecule has 1 unspecified atom stereocenters. The number of fused-ring (bicyclic) bond motifs is 7. The fourth-order valence-electron chi connectivity index (χ4n) is 9.14. The number of hydrogen-bond acceptors (Lipinski definition) is 5. The summed E-state index contributed by atoms with van der Waals surface area (Å²) in [4.78, 5) is 13.0. The van der Waals surface area contributed by atoms with Crippen molar-refractivity contribution in [1.82, 2.24) is 5.32 Å². The van der Waals surface area contributed by atoms with Crippen molar-refractivity contribution < 1.29 is 4.42 Å². The Morgan fingerprint density at radius 3 is 1.85 bits per heavy atom. The smallest absolute Gasteiger partial charge is 0.163 e. The van der Waals surface area contributed by atoms with Gasteiger partial charge in [0, 0.05) is 33.4 Å². The Bertz CT molecular complexity index is 3550. The summed E-state index contributed by atoms with van der Waals surface area (Å²) in [5.74, 6) is 1.38. The van der Waals surface area contributed by atoms with Crippen LogP contribution in [-0.2, 0) is 0 Å². The lowest BCUT2D eigenvalue weighted by Gasteiger charge is -2.26. The number of aliphatic imine (C=N–C) groups is 2. The summed E-state index contributed by atoms with van der Waals surface area (Å²) in [6.07, 6.45) is -0.370. The minimum Gasteiger partial charge on any atom is -0.455 e. The van der Waals surface area contributed by atoms with E-state index in [4.69, 9.17) is 14.4 Å². The molecule has 62 heavy (non-hydrogen) atoms. The van der Waals surface area contributed by atoms with E-state index in [1.807, 2.05) is 18.2 Å². The van der Waals surface area contributed by atoms with Crippen LogP contribution in [0, 0.1) is 0 Å². The van der Waals surface area contributed by atoms with E-state index in [0.29, 0.717) is 5.84 Å². The quantitative estimate of drug-likeness (QED) is 0.164. The van der Waals surface area contributed by atoms with Gasteiger partial charge in [-0.3, -0.25) is 0 Å². The normalized spacial score (nSPS) is 14.0. The first kappa shape index (κ1) is 35.6. The zero-order valence-corrected chi connectivity index (χ0v) is 33.6. The highest BCUT2D eigenvalue weighted by Gasteiger charge is 2.26. The maximum atomic E-state index is 6.84. The molecular formula is C57H38N4O. The molecule has 1 aromatic heterocycles. The second-order valence-corrected chi connectivity index (χ2v) is 15.8. The lowest BCUT2D eigenvalue weighted by atomic mass is 9.95. The summed E-state index contributed by atoms with van der Waals surface area (Å²) in [5.41, 5.74) is 9.92. The highest BCUT2D eigenvalue weighted by Crippen LogP contribution is 2.42. The first-order valence-electron chi connectivity index (χ1n) is 21.0. The van der Waals surface area contributed by atoms with E-state index in [0.717, 1.165) is 83.4 Å². The minimum absolute atomic E-state index is 0.370. The summed E-state index contributed by atoms with van der Waals surface area (Å²) in [6, 6.07) is 77.0. The van der Waals surface area contributed by atoms with Crippen molar-refractivity contribution in [3.05, 3.63) is 235 Å². The molecule has 5 nitrogen and oxygen atoms in total. The fourth-order valence-corrected chi connectivity index (χ4v) is 9.14. The molecule has 0 amide bonds. The summed E-state index contributed by atoms with van der Waals surface area (Å²) in [6.45, 7) is 0. The molecule has 0 bridgehead atoms. The molecular weight excluding hydrogens is 757 g/mol. The van der Waals surface area contributed by atoms with Crippen LogP contribution >= 0.6 is 0 Å². The van der Waals surface area contributed by atoms with Crippen LogP contribution in [0.15, 0.2) is 233 Å². The van der Waals surface area contributed by atoms with Crippen molar-refractivity contribution in [2.45, 2.75) is 6.17 Å². The van der Waals surface area contributed by atoms with Gasteiger partial charge in [0.15, 0.2) is 5.84 Å². The number of hydrogen-bond donors (Lipinski definition) is 1. The number of nitrogens with one attached hydrogen (secondary N) is 1. The van der Waals surface area contributed by atoms with Crippen LogP contribution < -0.4 is 10.2 Å². The molecule has 0 aliphatic carbocycles. The number of rotatable bonds is 7. The molecule has 11 aromatic rings. The zero-order valence-electron chi connectivity index (χ0n) is 33.6. The molecule has 1 N–H and O–H groups in total. The standard InChI is InChI=1S/C57H38N4O/c1-3-16-39(17-4-1)55-58-56(60-57(59-55)51-36-41-19-9-10-22-45(41)47-23-11-12-24-48(47)51)50-34-33-46(53-49-25-13-14-26-52(49)62-54(50)53)38-28-30-43(31-29-38)61(42-20-5-2-6-21-42)44-32-27-37-15-7-8-18-40(37)35-44/h1-36,55H,(H,58,59,60). The van der Waals surface area contributed by atoms with E-state index in [1.165, 1.54) is 21.5 Å². The molecule has 0 saturated heterocycles. The number of benzene rings is 10. The monoisotopic (exact) mass is 794 g/mol. The molecule has 1 aliphatic rings. The number of furan rings is 1. The van der Waals surface area contributed by atoms with Crippen molar-refractivity contribution in [3.8, 4) is 11.1 Å². The Morgan fingerprint density at radius 1 is 0.435 bits per heavy atom. The number of amidine groups is 2. The highest BCUT2D eigenvalue weighted by atomic mass is 16.3. The third kappa shape index (κ3) is 6.10. The van der Waals surface area contributed by atoms with E-state index in [1.54, 1.807) is 0 Å². The molecule has 0 fully saturated rings. The minimum atomic E-state index is -0.370. The van der Waals surface area contributed by atoms with Crippen LogP contribution in [-0.4, -0.2) is 11.7 Å². The van der Waals surface area contributed by atoms with Crippen molar-refractivity contribution >= 4 is 83.0 Å². The SMILES string of the molecule is c1ccc(C2N=C(c3ccc(-c4ccc(N(c5ccccc5)c5ccc6ccccc6c5)cc4)c4c3oc3ccccc34)N=C(c3cc4ccccc4c4ccccc34)N2)cc1. The van der Waals surface area contributed by atoms with Gasteiger partial charge < -0.3 is 14.6 Å². The van der Waals surface area contributed by atoms with E-state index in [9.17, 15) is 0 Å². The van der Waals surface area contributed by atoms with Crippen molar-refractivity contribution in [2.24, 2.45) is 9.98 Å². The Labute approximate surface area is 358 Å². The topological polar surface area (TPSA) is 53.1 Å². The summed E-state index contributed by atoms with van der Waals surface area (Å²) in [7, 11) is 0. The van der Waals surface area contributed by atoms with Crippen molar-refractivity contribution in [1.29, 1.82) is 0 Å². The number of para-hydroxylation sites is 2. The van der Waals surface area contributed by atoms with Crippen LogP contribution in [0.2, 0.25) is 0 Å². The van der Waals surface area contributed by atoms with Gasteiger partial charge in [-0.2, -0.15) is 0 Å². The van der Waals surface area contributed by atoms with Gasteiger partial charge in [0.25, 0.3) is 0 Å². The van der Waals surface area contributed by atoms with Crippen LogP contribution in [0.25, 0.3) is 65.4 Å². The molecule has 2 heterocycles. The fraction of sp³-hybridized carbons (Fsp3) is 0.0175. The Balaban J connectivity index is 1.01. The second-order valence-electron chi connectivity index (χ2n) is 15.8. The summed E-state index contributed by atoms with van der Waals surface area (Å²) < 4.78 is 6.84. The van der Waals surface area contributed by atoms with Crippen LogP contribution in [0.1, 0.15) is 22.9 Å². The number of nitrogens with zero attached hydrogens (tertiary/aromatic N) is 3. The molecule has 292 valence electrons. The Hall–Kier alpha value is -8.28. The van der Waals surface area contributed by atoms with Crippen molar-refractivity contribution in [3.63, 3.8) is 0 Å². The second kappa shape index (κ2) is 14.8. The predicted molar refractivity (Wildman–Crippen MR) is 258 cm³/mol. The van der Waals surface area contributed by atoms with Crippen LogP contribution in [0.3, 0.4) is 0 Å². The zero-order chi connectivity index (χ0) is 41.0. The average Bonchev–Trinajstić information content (AvgIpc) is 3.74. The lowest BCUT2D eigenvalue weighted by molar-refractivity contribution is 0.663. The third-order valence-corrected chi connectivity index (χ3v) is 12.1. The first-order valence-corrected chi connectivity index (χ1v) is 21.0. The van der Waals surface area contributed by atoms with Gasteiger partial charge in [0.1, 0.15) is 23.2 Å². The number of anilines is 3. The molecule has 10 aromatic carbocycles.